The van der Waals surface area contributed by atoms with E-state index in [1.807, 2.05) is 24.3 Å². The summed E-state index contributed by atoms with van der Waals surface area (Å²) in [6, 6.07) is 7.90. The highest BCUT2D eigenvalue weighted by Gasteiger charge is 2.06. The molecular weight excluding hydrogens is 408 g/mol. The minimum atomic E-state index is -0.0504. The standard InChI is InChI=1S/C21H26N2O2S3/c1-15(2)5-4-6-16(3)13-14-25-18-10-7-17(8-11-18)9-12-19(24)22-20-23-21(26)28-27-20/h5,7-8,10-11,13H,4,6,9,12,14H2,1-3H3,(H,22,23,24,26). The molecule has 0 atom stereocenters. The van der Waals surface area contributed by atoms with Gasteiger partial charge >= 0.3 is 0 Å². The van der Waals surface area contributed by atoms with Gasteiger partial charge in [-0.15, -0.1) is 0 Å². The highest BCUT2D eigenvalue weighted by atomic mass is 32.9. The molecule has 0 unspecified atom stereocenters. The van der Waals surface area contributed by atoms with Crippen LogP contribution in [0.3, 0.4) is 0 Å². The number of carbonyl (C=O) groups excluding carboxylic acids is 1. The second kappa shape index (κ2) is 11.9. The summed E-state index contributed by atoms with van der Waals surface area (Å²) in [5.41, 5.74) is 3.79. The highest BCUT2D eigenvalue weighted by Crippen LogP contribution is 2.19. The van der Waals surface area contributed by atoms with E-state index in [0.717, 1.165) is 24.2 Å². The number of nitrogens with zero attached hydrogens (tertiary/aromatic N) is 1. The monoisotopic (exact) mass is 434 g/mol. The number of anilines is 1. The molecule has 0 spiro atoms. The lowest BCUT2D eigenvalue weighted by molar-refractivity contribution is -0.116. The Kier molecular flexibility index (Phi) is 9.54. The maximum absolute atomic E-state index is 12.0. The Bertz CT molecular complexity index is 876. The van der Waals surface area contributed by atoms with E-state index in [4.69, 9.17) is 17.0 Å². The molecule has 28 heavy (non-hydrogen) atoms. The molecule has 7 heteroatoms. The molecule has 0 saturated heterocycles. The molecule has 0 radical (unpaired) electrons. The van der Waals surface area contributed by atoms with Gasteiger partial charge in [0.2, 0.25) is 11.0 Å². The second-order valence-electron chi connectivity index (χ2n) is 6.72. The minimum Gasteiger partial charge on any atom is -0.490 e. The fourth-order valence-corrected chi connectivity index (χ4v) is 4.28. The number of allylic oxidation sites excluding steroid dienone is 3. The number of hydrogen-bond donors (Lipinski definition) is 1. The van der Waals surface area contributed by atoms with E-state index in [1.165, 1.54) is 31.8 Å². The average molecular weight is 435 g/mol. The topological polar surface area (TPSA) is 51.2 Å². The molecule has 4 nitrogen and oxygen atoms in total. The second-order valence-corrected chi connectivity index (χ2v) is 9.48. The summed E-state index contributed by atoms with van der Waals surface area (Å²) in [4.78, 5) is 16.0. The smallest absolute Gasteiger partial charge is 0.226 e. The van der Waals surface area contributed by atoms with Crippen LogP contribution in [-0.2, 0) is 11.2 Å². The minimum absolute atomic E-state index is 0.0504. The molecule has 150 valence electrons. The number of benzene rings is 1. The van der Waals surface area contributed by atoms with Gasteiger partial charge in [-0.3, -0.25) is 4.79 Å². The van der Waals surface area contributed by atoms with Crippen LogP contribution in [0.4, 0.5) is 5.13 Å². The zero-order valence-corrected chi connectivity index (χ0v) is 18.9. The van der Waals surface area contributed by atoms with Gasteiger partial charge in [0.05, 0.1) is 0 Å². The maximum Gasteiger partial charge on any atom is 0.226 e. The first kappa shape index (κ1) is 22.5. The van der Waals surface area contributed by atoms with E-state index in [1.54, 1.807) is 0 Å². The van der Waals surface area contributed by atoms with Crippen LogP contribution < -0.4 is 10.1 Å². The number of aromatic nitrogens is 1. The molecule has 1 N–H and O–H groups in total. The number of carbonyl (C=O) groups is 1. The summed E-state index contributed by atoms with van der Waals surface area (Å²) in [7, 11) is 2.77. The van der Waals surface area contributed by atoms with Gasteiger partial charge in [-0.1, -0.05) is 29.4 Å². The van der Waals surface area contributed by atoms with Crippen molar-refractivity contribution >= 4 is 43.9 Å². The van der Waals surface area contributed by atoms with Crippen molar-refractivity contribution in [2.24, 2.45) is 0 Å². The molecule has 1 amide bonds. The van der Waals surface area contributed by atoms with Crippen LogP contribution in [-0.4, -0.2) is 17.5 Å². The van der Waals surface area contributed by atoms with Crippen LogP contribution in [0, 0.1) is 3.95 Å². The first-order valence-electron chi connectivity index (χ1n) is 9.20. The van der Waals surface area contributed by atoms with E-state index in [-0.39, 0.29) is 5.91 Å². The first-order chi connectivity index (χ1) is 13.4. The Morgan fingerprint density at radius 2 is 1.89 bits per heavy atom. The molecule has 0 bridgehead atoms. The third-order valence-corrected chi connectivity index (χ3v) is 6.49. The van der Waals surface area contributed by atoms with Crippen LogP contribution in [0.25, 0.3) is 0 Å². The van der Waals surface area contributed by atoms with Crippen molar-refractivity contribution in [3.8, 4) is 5.75 Å². The lowest BCUT2D eigenvalue weighted by Gasteiger charge is -2.06. The van der Waals surface area contributed by atoms with Gasteiger partial charge < -0.3 is 10.1 Å². The molecule has 0 aliphatic heterocycles. The van der Waals surface area contributed by atoms with Crippen molar-refractivity contribution in [3.05, 3.63) is 57.1 Å². The van der Waals surface area contributed by atoms with Crippen LogP contribution in [0.2, 0.25) is 0 Å². The van der Waals surface area contributed by atoms with E-state index in [9.17, 15) is 4.79 Å². The van der Waals surface area contributed by atoms with Gasteiger partial charge in [0.15, 0.2) is 3.95 Å². The van der Waals surface area contributed by atoms with Crippen molar-refractivity contribution in [2.75, 3.05) is 11.9 Å². The summed E-state index contributed by atoms with van der Waals surface area (Å²) < 4.78 is 6.33. The predicted octanol–water partition coefficient (Wildman–Crippen LogP) is 6.58. The summed E-state index contributed by atoms with van der Waals surface area (Å²) in [6.45, 7) is 6.95. The van der Waals surface area contributed by atoms with Gasteiger partial charge in [-0.05, 0) is 96.7 Å². The molecule has 0 aliphatic rings. The summed E-state index contributed by atoms with van der Waals surface area (Å²) in [5, 5.41) is 3.36. The Morgan fingerprint density at radius 3 is 2.54 bits per heavy atom. The fourth-order valence-electron chi connectivity index (χ4n) is 2.41. The molecule has 2 rings (SSSR count). The number of rotatable bonds is 10. The van der Waals surface area contributed by atoms with E-state index < -0.39 is 0 Å². The third kappa shape index (κ3) is 8.91. The average Bonchev–Trinajstić information content (AvgIpc) is 3.05. The highest BCUT2D eigenvalue weighted by molar-refractivity contribution is 7.79. The quantitative estimate of drug-likeness (QED) is 0.261. The van der Waals surface area contributed by atoms with Crippen LogP contribution >= 0.6 is 32.9 Å². The Morgan fingerprint density at radius 1 is 1.14 bits per heavy atom. The van der Waals surface area contributed by atoms with Gasteiger partial charge in [0.1, 0.15) is 12.4 Å². The first-order valence-corrected chi connectivity index (χ1v) is 11.8. The molecule has 2 aromatic rings. The van der Waals surface area contributed by atoms with E-state index in [0.29, 0.717) is 28.5 Å². The van der Waals surface area contributed by atoms with Crippen molar-refractivity contribution in [1.29, 1.82) is 0 Å². The predicted molar refractivity (Wildman–Crippen MR) is 122 cm³/mol. The number of nitrogens with one attached hydrogen (secondary N) is 1. The van der Waals surface area contributed by atoms with Gasteiger partial charge in [0.25, 0.3) is 0 Å². The van der Waals surface area contributed by atoms with Crippen LogP contribution in [0.15, 0.2) is 47.6 Å². The summed E-state index contributed by atoms with van der Waals surface area (Å²) >= 11 is 4.96. The SMILES string of the molecule is CC(C)=CCCC(C)=CCOc1ccc(CCC(=O)Nc2nc(=S)ss2)cc1. The van der Waals surface area contributed by atoms with E-state index >= 15 is 0 Å². The maximum atomic E-state index is 12.0. The zero-order chi connectivity index (χ0) is 20.4. The van der Waals surface area contributed by atoms with Crippen LogP contribution in [0.5, 0.6) is 5.75 Å². The van der Waals surface area contributed by atoms with E-state index in [2.05, 4.69) is 43.2 Å². The zero-order valence-electron chi connectivity index (χ0n) is 16.5. The Balaban J connectivity index is 1.71. The molecule has 1 heterocycles. The Labute approximate surface area is 179 Å². The Hall–Kier alpha value is -1.83. The molecule has 0 fully saturated rings. The van der Waals surface area contributed by atoms with Gasteiger partial charge in [-0.2, -0.15) is 4.98 Å². The van der Waals surface area contributed by atoms with Gasteiger partial charge in [-0.25, -0.2) is 0 Å². The molecule has 0 aliphatic carbocycles. The molecule has 0 saturated carbocycles. The molecule has 1 aromatic heterocycles. The molecule has 1 aromatic carbocycles. The van der Waals surface area contributed by atoms with Crippen LogP contribution in [0.1, 0.15) is 45.6 Å². The van der Waals surface area contributed by atoms with Crippen molar-refractivity contribution in [2.45, 2.75) is 46.5 Å². The van der Waals surface area contributed by atoms with Crippen molar-refractivity contribution in [1.82, 2.24) is 4.98 Å². The van der Waals surface area contributed by atoms with Crippen molar-refractivity contribution in [3.63, 3.8) is 0 Å². The number of aryl methyl sites for hydroxylation is 1. The largest absolute Gasteiger partial charge is 0.490 e. The number of amides is 1. The summed E-state index contributed by atoms with van der Waals surface area (Å²) in [6.07, 6.45) is 7.60. The lowest BCUT2D eigenvalue weighted by atomic mass is 10.1. The number of hydrogen-bond acceptors (Lipinski definition) is 6. The summed E-state index contributed by atoms with van der Waals surface area (Å²) in [5.74, 6) is 0.786. The fraction of sp³-hybridized carbons (Fsp3) is 0.381. The molecular formula is C21H26N2O2S3. The third-order valence-electron chi connectivity index (χ3n) is 3.97. The van der Waals surface area contributed by atoms with Gasteiger partial charge in [0, 0.05) is 6.42 Å². The normalized spacial score (nSPS) is 11.2. The number of ether oxygens (including phenoxy) is 1. The van der Waals surface area contributed by atoms with Crippen molar-refractivity contribution < 1.29 is 9.53 Å². The lowest BCUT2D eigenvalue weighted by Crippen LogP contribution is -2.12.